The Balaban J connectivity index is 2.14. The number of carboxylic acids is 1. The predicted molar refractivity (Wildman–Crippen MR) is 63.4 cm³/mol. The molecule has 17 heavy (non-hydrogen) atoms. The molecule has 0 amide bonds. The summed E-state index contributed by atoms with van der Waals surface area (Å²) in [4.78, 5) is 17.0. The first-order valence-corrected chi connectivity index (χ1v) is 5.66. The van der Waals surface area contributed by atoms with Crippen molar-refractivity contribution in [2.75, 3.05) is 18.0 Å². The molecule has 2 heterocycles. The van der Waals surface area contributed by atoms with Gasteiger partial charge in [0.05, 0.1) is 17.8 Å². The molecule has 1 aromatic rings. The number of pyridine rings is 1. The SMILES string of the molecule is C[C@@H]1CN(c2ccc(C(=O)O)cn2)C[C@H](C)O1. The van der Waals surface area contributed by atoms with Gasteiger partial charge in [0.1, 0.15) is 5.82 Å². The van der Waals surface area contributed by atoms with Crippen molar-refractivity contribution in [1.82, 2.24) is 4.98 Å². The Morgan fingerprint density at radius 1 is 1.41 bits per heavy atom. The summed E-state index contributed by atoms with van der Waals surface area (Å²) in [5, 5.41) is 8.80. The number of hydrogen-bond donors (Lipinski definition) is 1. The maximum Gasteiger partial charge on any atom is 0.337 e. The van der Waals surface area contributed by atoms with E-state index in [0.717, 1.165) is 18.9 Å². The van der Waals surface area contributed by atoms with Crippen molar-refractivity contribution in [3.8, 4) is 0 Å². The van der Waals surface area contributed by atoms with Crippen LogP contribution >= 0.6 is 0 Å². The molecule has 1 aliphatic rings. The zero-order valence-electron chi connectivity index (χ0n) is 9.96. The van der Waals surface area contributed by atoms with Crippen molar-refractivity contribution >= 4 is 11.8 Å². The molecule has 5 heteroatoms. The second-order valence-corrected chi connectivity index (χ2v) is 4.37. The van der Waals surface area contributed by atoms with E-state index in [1.165, 1.54) is 6.20 Å². The van der Waals surface area contributed by atoms with Crippen LogP contribution in [0.3, 0.4) is 0 Å². The fourth-order valence-corrected chi connectivity index (χ4v) is 2.06. The van der Waals surface area contributed by atoms with Crippen molar-refractivity contribution in [2.24, 2.45) is 0 Å². The molecule has 1 aromatic heterocycles. The summed E-state index contributed by atoms with van der Waals surface area (Å²) in [5.41, 5.74) is 0.211. The summed E-state index contributed by atoms with van der Waals surface area (Å²) in [6, 6.07) is 3.32. The highest BCUT2D eigenvalue weighted by atomic mass is 16.5. The number of aromatic carboxylic acids is 1. The minimum absolute atomic E-state index is 0.166. The fraction of sp³-hybridized carbons (Fsp3) is 0.500. The van der Waals surface area contributed by atoms with E-state index in [0.29, 0.717) is 0 Å². The van der Waals surface area contributed by atoms with Gasteiger partial charge in [-0.2, -0.15) is 0 Å². The predicted octanol–water partition coefficient (Wildman–Crippen LogP) is 1.39. The minimum atomic E-state index is -0.951. The molecule has 2 rings (SSSR count). The van der Waals surface area contributed by atoms with Gasteiger partial charge in [-0.1, -0.05) is 0 Å². The first-order chi connectivity index (χ1) is 8.06. The average molecular weight is 236 g/mol. The Bertz CT molecular complexity index is 395. The lowest BCUT2D eigenvalue weighted by Gasteiger charge is -2.36. The van der Waals surface area contributed by atoms with Crippen molar-refractivity contribution in [3.05, 3.63) is 23.9 Å². The van der Waals surface area contributed by atoms with Crippen molar-refractivity contribution in [3.63, 3.8) is 0 Å². The lowest BCUT2D eigenvalue weighted by molar-refractivity contribution is -0.00546. The van der Waals surface area contributed by atoms with Crippen LogP contribution in [0.5, 0.6) is 0 Å². The maximum atomic E-state index is 10.7. The molecule has 0 saturated carbocycles. The third-order valence-electron chi connectivity index (χ3n) is 2.74. The molecule has 5 nitrogen and oxygen atoms in total. The van der Waals surface area contributed by atoms with Crippen LogP contribution in [-0.2, 0) is 4.74 Å². The summed E-state index contributed by atoms with van der Waals surface area (Å²) in [6.45, 7) is 5.61. The van der Waals surface area contributed by atoms with Gasteiger partial charge in [0, 0.05) is 19.3 Å². The van der Waals surface area contributed by atoms with E-state index in [1.54, 1.807) is 12.1 Å². The van der Waals surface area contributed by atoms with Crippen LogP contribution in [0.1, 0.15) is 24.2 Å². The number of carboxylic acid groups (broad SMARTS) is 1. The molecule has 0 aromatic carbocycles. The molecule has 0 radical (unpaired) electrons. The number of ether oxygens (including phenoxy) is 1. The molecule has 1 saturated heterocycles. The Hall–Kier alpha value is -1.62. The van der Waals surface area contributed by atoms with Crippen LogP contribution in [0.2, 0.25) is 0 Å². The third-order valence-corrected chi connectivity index (χ3v) is 2.74. The summed E-state index contributed by atoms with van der Waals surface area (Å²) >= 11 is 0. The largest absolute Gasteiger partial charge is 0.478 e. The van der Waals surface area contributed by atoms with Crippen molar-refractivity contribution < 1.29 is 14.6 Å². The standard InChI is InChI=1S/C12H16N2O3/c1-8-6-14(7-9(2)17-8)11-4-3-10(5-13-11)12(15)16/h3-5,8-9H,6-7H2,1-2H3,(H,15,16)/t8-,9+. The highest BCUT2D eigenvalue weighted by Gasteiger charge is 2.23. The Morgan fingerprint density at radius 2 is 2.06 bits per heavy atom. The number of aromatic nitrogens is 1. The van der Waals surface area contributed by atoms with Gasteiger partial charge < -0.3 is 14.7 Å². The second-order valence-electron chi connectivity index (χ2n) is 4.37. The van der Waals surface area contributed by atoms with Crippen LogP contribution in [0, 0.1) is 0 Å². The third kappa shape index (κ3) is 2.74. The van der Waals surface area contributed by atoms with Gasteiger partial charge in [0.25, 0.3) is 0 Å². The molecule has 1 N–H and O–H groups in total. The van der Waals surface area contributed by atoms with Crippen LogP contribution in [0.4, 0.5) is 5.82 Å². The molecule has 2 atom stereocenters. The first-order valence-electron chi connectivity index (χ1n) is 5.66. The number of carbonyl (C=O) groups is 1. The van der Waals surface area contributed by atoms with E-state index in [4.69, 9.17) is 9.84 Å². The van der Waals surface area contributed by atoms with Crippen molar-refractivity contribution in [1.29, 1.82) is 0 Å². The molecule has 0 unspecified atom stereocenters. The topological polar surface area (TPSA) is 62.7 Å². The van der Waals surface area contributed by atoms with E-state index < -0.39 is 5.97 Å². The van der Waals surface area contributed by atoms with Crippen molar-refractivity contribution in [2.45, 2.75) is 26.1 Å². The van der Waals surface area contributed by atoms with Gasteiger partial charge in [-0.15, -0.1) is 0 Å². The Labute approximate surface area is 100 Å². The van der Waals surface area contributed by atoms with Crippen LogP contribution < -0.4 is 4.90 Å². The fourth-order valence-electron chi connectivity index (χ4n) is 2.06. The van der Waals surface area contributed by atoms with Crippen LogP contribution in [0.15, 0.2) is 18.3 Å². The van der Waals surface area contributed by atoms with Crippen LogP contribution in [-0.4, -0.2) is 41.4 Å². The number of anilines is 1. The summed E-state index contributed by atoms with van der Waals surface area (Å²) < 4.78 is 5.64. The monoisotopic (exact) mass is 236 g/mol. The van der Waals surface area contributed by atoms with Gasteiger partial charge >= 0.3 is 5.97 Å². The Morgan fingerprint density at radius 3 is 2.53 bits per heavy atom. The maximum absolute atomic E-state index is 10.7. The zero-order chi connectivity index (χ0) is 12.4. The molecule has 92 valence electrons. The summed E-state index contributed by atoms with van der Waals surface area (Å²) in [5.74, 6) is -0.148. The molecule has 0 spiro atoms. The van der Waals surface area contributed by atoms with E-state index >= 15 is 0 Å². The van der Waals surface area contributed by atoms with Gasteiger partial charge in [0.2, 0.25) is 0 Å². The lowest BCUT2D eigenvalue weighted by atomic mass is 10.2. The lowest BCUT2D eigenvalue weighted by Crippen LogP contribution is -2.45. The van der Waals surface area contributed by atoms with Gasteiger partial charge in [-0.3, -0.25) is 0 Å². The summed E-state index contributed by atoms with van der Waals surface area (Å²) in [7, 11) is 0. The van der Waals surface area contributed by atoms with E-state index in [-0.39, 0.29) is 17.8 Å². The first kappa shape index (κ1) is 11.9. The highest BCUT2D eigenvalue weighted by Crippen LogP contribution is 2.18. The number of hydrogen-bond acceptors (Lipinski definition) is 4. The molecular formula is C12H16N2O3. The highest BCUT2D eigenvalue weighted by molar-refractivity contribution is 5.87. The molecule has 1 aliphatic heterocycles. The quantitative estimate of drug-likeness (QED) is 0.840. The normalized spacial score (nSPS) is 24.7. The smallest absolute Gasteiger partial charge is 0.337 e. The Kier molecular flexibility index (Phi) is 3.28. The van der Waals surface area contributed by atoms with E-state index in [1.807, 2.05) is 13.8 Å². The van der Waals surface area contributed by atoms with Gasteiger partial charge in [-0.05, 0) is 26.0 Å². The minimum Gasteiger partial charge on any atom is -0.478 e. The van der Waals surface area contributed by atoms with Gasteiger partial charge in [-0.25, -0.2) is 9.78 Å². The number of nitrogens with zero attached hydrogens (tertiary/aromatic N) is 2. The molecule has 1 fully saturated rings. The molecular weight excluding hydrogens is 220 g/mol. The number of morpholine rings is 1. The number of rotatable bonds is 2. The second kappa shape index (κ2) is 4.71. The van der Waals surface area contributed by atoms with E-state index in [2.05, 4.69) is 9.88 Å². The van der Waals surface area contributed by atoms with Gasteiger partial charge in [0.15, 0.2) is 0 Å². The summed E-state index contributed by atoms with van der Waals surface area (Å²) in [6.07, 6.45) is 1.72. The average Bonchev–Trinajstić information content (AvgIpc) is 2.28. The molecule has 0 bridgehead atoms. The van der Waals surface area contributed by atoms with Crippen LogP contribution in [0.25, 0.3) is 0 Å². The molecule has 0 aliphatic carbocycles. The van der Waals surface area contributed by atoms with E-state index in [9.17, 15) is 4.79 Å². The zero-order valence-corrected chi connectivity index (χ0v) is 9.96.